The van der Waals surface area contributed by atoms with Gasteiger partial charge in [-0.25, -0.2) is 4.98 Å². The van der Waals surface area contributed by atoms with Crippen molar-refractivity contribution in [1.29, 1.82) is 0 Å². The van der Waals surface area contributed by atoms with Crippen molar-refractivity contribution in [2.45, 2.75) is 26.4 Å². The number of carbonyl (C=O) groups excluding carboxylic acids is 1. The Morgan fingerprint density at radius 1 is 1.10 bits per heavy atom. The van der Waals surface area contributed by atoms with E-state index in [0.29, 0.717) is 23.9 Å². The lowest BCUT2D eigenvalue weighted by molar-refractivity contribution is 0.102. The minimum absolute atomic E-state index is 0.176. The molecule has 0 radical (unpaired) electrons. The lowest BCUT2D eigenvalue weighted by Gasteiger charge is -2.17. The molecular weight excluding hydrogens is 419 g/mol. The van der Waals surface area contributed by atoms with E-state index in [4.69, 9.17) is 9.05 Å². The van der Waals surface area contributed by atoms with Crippen LogP contribution in [0.1, 0.15) is 41.0 Å². The van der Waals surface area contributed by atoms with Gasteiger partial charge in [0.1, 0.15) is 0 Å². The fourth-order valence-corrected chi connectivity index (χ4v) is 6.23. The zero-order valence-corrected chi connectivity index (χ0v) is 18.6. The minimum Gasteiger partial charge on any atom is -0.309 e. The van der Waals surface area contributed by atoms with Crippen LogP contribution in [-0.4, -0.2) is 24.1 Å². The Kier molecular flexibility index (Phi) is 6.16. The molecule has 8 heteroatoms. The van der Waals surface area contributed by atoms with Gasteiger partial charge >= 0.3 is 7.60 Å². The molecule has 0 atom stereocenters. The fraction of sp³-hybridized carbons (Fsp3) is 0.273. The maximum absolute atomic E-state index is 12.7. The molecule has 1 aliphatic carbocycles. The van der Waals surface area contributed by atoms with Crippen molar-refractivity contribution in [1.82, 2.24) is 4.98 Å². The van der Waals surface area contributed by atoms with Gasteiger partial charge in [-0.05, 0) is 42.7 Å². The van der Waals surface area contributed by atoms with Crippen LogP contribution in [0.3, 0.4) is 0 Å². The van der Waals surface area contributed by atoms with E-state index in [2.05, 4.69) is 22.4 Å². The van der Waals surface area contributed by atoms with Crippen LogP contribution in [-0.2, 0) is 26.2 Å². The van der Waals surface area contributed by atoms with Gasteiger partial charge in [-0.1, -0.05) is 47.7 Å². The van der Waals surface area contributed by atoms with Crippen molar-refractivity contribution in [3.8, 4) is 10.4 Å². The Morgan fingerprint density at radius 3 is 2.50 bits per heavy atom. The first-order valence-corrected chi connectivity index (χ1v) is 12.4. The van der Waals surface area contributed by atoms with Gasteiger partial charge in [0.2, 0.25) is 0 Å². The number of nitrogens with one attached hydrogen (secondary N) is 1. The number of anilines is 1. The van der Waals surface area contributed by atoms with Crippen LogP contribution in [0.4, 0.5) is 5.13 Å². The predicted octanol–water partition coefficient (Wildman–Crippen LogP) is 5.73. The van der Waals surface area contributed by atoms with Crippen LogP contribution >= 0.6 is 18.9 Å². The second-order valence-corrected chi connectivity index (χ2v) is 9.94. The van der Waals surface area contributed by atoms with Gasteiger partial charge in [0, 0.05) is 12.0 Å². The van der Waals surface area contributed by atoms with Crippen LogP contribution < -0.4 is 5.32 Å². The van der Waals surface area contributed by atoms with Crippen LogP contribution in [0, 0.1) is 0 Å². The molecule has 1 amide bonds. The normalized spacial score (nSPS) is 12.5. The van der Waals surface area contributed by atoms with Gasteiger partial charge in [-0.2, -0.15) is 0 Å². The molecule has 156 valence electrons. The lowest BCUT2D eigenvalue weighted by atomic mass is 10.1. The number of thiazole rings is 1. The van der Waals surface area contributed by atoms with Gasteiger partial charge < -0.3 is 9.05 Å². The van der Waals surface area contributed by atoms with Gasteiger partial charge in [0.05, 0.1) is 29.9 Å². The number of nitrogens with zero attached hydrogens (tertiary/aromatic N) is 1. The number of amides is 1. The highest BCUT2D eigenvalue weighted by molar-refractivity contribution is 7.53. The topological polar surface area (TPSA) is 77.5 Å². The third-order valence-electron chi connectivity index (χ3n) is 4.78. The molecule has 0 spiro atoms. The molecule has 4 rings (SSSR count). The summed E-state index contributed by atoms with van der Waals surface area (Å²) in [5, 5.41) is 3.49. The number of hydrogen-bond donors (Lipinski definition) is 1. The highest BCUT2D eigenvalue weighted by Gasteiger charge is 2.25. The smallest absolute Gasteiger partial charge is 0.309 e. The molecule has 0 saturated heterocycles. The van der Waals surface area contributed by atoms with Crippen molar-refractivity contribution in [3.05, 3.63) is 70.9 Å². The van der Waals surface area contributed by atoms with Crippen molar-refractivity contribution in [3.63, 3.8) is 0 Å². The predicted molar refractivity (Wildman–Crippen MR) is 119 cm³/mol. The highest BCUT2D eigenvalue weighted by Crippen LogP contribution is 2.51. The molecule has 0 bridgehead atoms. The van der Waals surface area contributed by atoms with Crippen LogP contribution in [0.5, 0.6) is 0 Å². The molecule has 0 aliphatic heterocycles. The molecule has 6 nitrogen and oxygen atoms in total. The maximum atomic E-state index is 12.7. The first-order chi connectivity index (χ1) is 14.5. The summed E-state index contributed by atoms with van der Waals surface area (Å²) in [6.07, 6.45) is 0.974. The number of hydrogen-bond acceptors (Lipinski definition) is 6. The van der Waals surface area contributed by atoms with Crippen molar-refractivity contribution < 1.29 is 18.4 Å². The second kappa shape index (κ2) is 8.82. The zero-order chi connectivity index (χ0) is 21.1. The monoisotopic (exact) mass is 442 g/mol. The SMILES string of the molecule is CCOP(=O)(Cc1ccc(C(=O)Nc2nc3c(s2)-c2ccccc2C3)cc1)OCC. The summed E-state index contributed by atoms with van der Waals surface area (Å²) in [5.41, 5.74) is 4.78. The van der Waals surface area contributed by atoms with Gasteiger partial charge in [0.25, 0.3) is 5.91 Å². The number of aromatic nitrogens is 1. The van der Waals surface area contributed by atoms with E-state index in [9.17, 15) is 9.36 Å². The summed E-state index contributed by atoms with van der Waals surface area (Å²) in [6, 6.07) is 15.2. The molecule has 3 aromatic rings. The van der Waals surface area contributed by atoms with Crippen molar-refractivity contribution in [2.24, 2.45) is 0 Å². The summed E-state index contributed by atoms with van der Waals surface area (Å²) >= 11 is 1.50. The minimum atomic E-state index is -3.17. The number of rotatable bonds is 8. The van der Waals surface area contributed by atoms with Crippen LogP contribution in [0.2, 0.25) is 0 Å². The Balaban J connectivity index is 1.44. The Labute approximate surface area is 179 Å². The van der Waals surface area contributed by atoms with Gasteiger partial charge in [-0.3, -0.25) is 14.7 Å². The number of carbonyl (C=O) groups is 1. The van der Waals surface area contributed by atoms with E-state index >= 15 is 0 Å². The summed E-state index contributed by atoms with van der Waals surface area (Å²) in [7, 11) is -3.17. The quantitative estimate of drug-likeness (QED) is 0.353. The second-order valence-electron chi connectivity index (χ2n) is 6.88. The summed E-state index contributed by atoms with van der Waals surface area (Å²) in [6.45, 7) is 4.21. The van der Waals surface area contributed by atoms with E-state index in [0.717, 1.165) is 22.6 Å². The molecule has 1 N–H and O–H groups in total. The summed E-state index contributed by atoms with van der Waals surface area (Å²) in [4.78, 5) is 18.4. The van der Waals surface area contributed by atoms with Gasteiger partial charge in [-0.15, -0.1) is 0 Å². The Bertz CT molecular complexity index is 1100. The van der Waals surface area contributed by atoms with E-state index in [1.807, 2.05) is 12.1 Å². The standard InChI is InChI=1S/C22H23N2O4PS/c1-3-27-29(26,28-4-2)14-15-9-11-16(12-10-15)21(25)24-22-23-19-13-17-7-5-6-8-18(17)20(19)30-22/h5-12H,3-4,13-14H2,1-2H3,(H,23,24,25). The molecule has 30 heavy (non-hydrogen) atoms. The van der Waals surface area contributed by atoms with Crippen LogP contribution in [0.15, 0.2) is 48.5 Å². The Hall–Kier alpha value is -2.31. The molecular formula is C22H23N2O4PS. The van der Waals surface area contributed by atoms with Crippen molar-refractivity contribution in [2.75, 3.05) is 18.5 Å². The molecule has 2 aromatic carbocycles. The zero-order valence-electron chi connectivity index (χ0n) is 16.9. The average molecular weight is 442 g/mol. The summed E-state index contributed by atoms with van der Waals surface area (Å²) < 4.78 is 23.3. The molecule has 0 unspecified atom stereocenters. The lowest BCUT2D eigenvalue weighted by Crippen LogP contribution is -2.11. The summed E-state index contributed by atoms with van der Waals surface area (Å²) in [5.74, 6) is -0.222. The third-order valence-corrected chi connectivity index (χ3v) is 7.88. The fourth-order valence-electron chi connectivity index (χ4n) is 3.49. The van der Waals surface area contributed by atoms with Gasteiger partial charge in [0.15, 0.2) is 5.13 Å². The van der Waals surface area contributed by atoms with E-state index in [1.54, 1.807) is 38.1 Å². The van der Waals surface area contributed by atoms with E-state index < -0.39 is 7.60 Å². The van der Waals surface area contributed by atoms with Crippen molar-refractivity contribution >= 4 is 30.0 Å². The highest BCUT2D eigenvalue weighted by atomic mass is 32.1. The molecule has 1 aliphatic rings. The van der Waals surface area contributed by atoms with E-state index in [1.165, 1.54) is 22.5 Å². The molecule has 0 fully saturated rings. The van der Waals surface area contributed by atoms with Crippen LogP contribution in [0.25, 0.3) is 10.4 Å². The van der Waals surface area contributed by atoms with E-state index in [-0.39, 0.29) is 12.1 Å². The Morgan fingerprint density at radius 2 is 1.80 bits per heavy atom. The maximum Gasteiger partial charge on any atom is 0.335 e. The molecule has 0 saturated carbocycles. The third kappa shape index (κ3) is 4.40. The molecule has 1 aromatic heterocycles. The average Bonchev–Trinajstić information content (AvgIpc) is 3.26. The molecule has 1 heterocycles. The number of benzene rings is 2. The first-order valence-electron chi connectivity index (χ1n) is 9.87. The first kappa shape index (κ1) is 20.9. The number of fused-ring (bicyclic) bond motifs is 3. The largest absolute Gasteiger partial charge is 0.335 e.